The lowest BCUT2D eigenvalue weighted by molar-refractivity contribution is -0.123. The van der Waals surface area contributed by atoms with Crippen LogP contribution in [0.25, 0.3) is 0 Å². The number of nitrogens with one attached hydrogen (secondary N) is 1. The van der Waals surface area contributed by atoms with E-state index in [0.29, 0.717) is 19.5 Å². The van der Waals surface area contributed by atoms with E-state index in [0.717, 1.165) is 5.56 Å². The van der Waals surface area contributed by atoms with E-state index in [9.17, 15) is 18.0 Å². The van der Waals surface area contributed by atoms with Crippen molar-refractivity contribution in [3.63, 3.8) is 0 Å². The lowest BCUT2D eigenvalue weighted by Gasteiger charge is -2.27. The summed E-state index contributed by atoms with van der Waals surface area (Å²) in [5.74, 6) is 0. The number of carbonyl (C=O) groups is 1. The van der Waals surface area contributed by atoms with Gasteiger partial charge >= 0.3 is 12.2 Å². The zero-order valence-electron chi connectivity index (χ0n) is 8.88. The summed E-state index contributed by atoms with van der Waals surface area (Å²) < 4.78 is 35.8. The highest BCUT2D eigenvalue weighted by Crippen LogP contribution is 2.24. The highest BCUT2D eigenvalue weighted by molar-refractivity contribution is 7.10. The Kier molecular flexibility index (Phi) is 3.28. The smallest absolute Gasteiger partial charge is 0.329 e. The molecule has 0 saturated carbocycles. The number of alkyl halides is 3. The molecule has 0 unspecified atom stereocenters. The summed E-state index contributed by atoms with van der Waals surface area (Å²) in [7, 11) is 0. The molecular weight excluding hydrogens is 253 g/mol. The van der Waals surface area contributed by atoms with Gasteiger partial charge in [0, 0.05) is 18.0 Å². The fourth-order valence-corrected chi connectivity index (χ4v) is 2.60. The molecule has 0 atom stereocenters. The van der Waals surface area contributed by atoms with Crippen LogP contribution in [0.2, 0.25) is 0 Å². The molecule has 0 spiro atoms. The number of halogens is 3. The first kappa shape index (κ1) is 12.2. The summed E-state index contributed by atoms with van der Waals surface area (Å²) in [6, 6.07) is 1.25. The Labute approximate surface area is 100 Å². The molecule has 0 radical (unpaired) electrons. The average molecular weight is 264 g/mol. The minimum Gasteiger partial charge on any atom is -0.329 e. The number of thiophene rings is 1. The topological polar surface area (TPSA) is 32.3 Å². The summed E-state index contributed by atoms with van der Waals surface area (Å²) in [6.45, 7) is -0.418. The van der Waals surface area contributed by atoms with Crippen LogP contribution in [0.15, 0.2) is 11.4 Å². The number of amides is 2. The minimum absolute atomic E-state index is 0.391. The number of nitrogens with zero attached hydrogens (tertiary/aromatic N) is 1. The van der Waals surface area contributed by atoms with E-state index in [2.05, 4.69) is 0 Å². The molecule has 17 heavy (non-hydrogen) atoms. The number of urea groups is 1. The van der Waals surface area contributed by atoms with Gasteiger partial charge in [0.2, 0.25) is 0 Å². The fourth-order valence-electron chi connectivity index (χ4n) is 1.71. The van der Waals surface area contributed by atoms with Gasteiger partial charge in [-0.15, -0.1) is 11.3 Å². The maximum Gasteiger partial charge on any atom is 0.405 e. The molecule has 1 aliphatic rings. The minimum atomic E-state index is -4.36. The summed E-state index contributed by atoms with van der Waals surface area (Å²) in [6.07, 6.45) is -3.65. The van der Waals surface area contributed by atoms with Gasteiger partial charge in [0.1, 0.15) is 6.54 Å². The molecule has 0 bridgehead atoms. The zero-order chi connectivity index (χ0) is 12.5. The van der Waals surface area contributed by atoms with E-state index < -0.39 is 18.8 Å². The van der Waals surface area contributed by atoms with Crippen molar-refractivity contribution in [1.82, 2.24) is 10.2 Å². The quantitative estimate of drug-likeness (QED) is 0.830. The predicted molar refractivity (Wildman–Crippen MR) is 57.9 cm³/mol. The van der Waals surface area contributed by atoms with Gasteiger partial charge in [-0.2, -0.15) is 13.2 Å². The van der Waals surface area contributed by atoms with E-state index in [-0.39, 0.29) is 0 Å². The number of hydrogen-bond acceptors (Lipinski definition) is 2. The Bertz CT molecular complexity index is 416. The Balaban J connectivity index is 1.90. The van der Waals surface area contributed by atoms with Gasteiger partial charge in [-0.25, -0.2) is 4.79 Å². The van der Waals surface area contributed by atoms with Gasteiger partial charge in [-0.3, -0.25) is 0 Å². The molecule has 0 aromatic carbocycles. The number of hydrogen-bond donors (Lipinski definition) is 1. The van der Waals surface area contributed by atoms with E-state index in [1.54, 1.807) is 11.3 Å². The van der Waals surface area contributed by atoms with Crippen LogP contribution in [-0.2, 0) is 13.0 Å². The number of fused-ring (bicyclic) bond motifs is 1. The van der Waals surface area contributed by atoms with Crippen LogP contribution in [0.1, 0.15) is 10.4 Å². The molecule has 2 amide bonds. The second-order valence-corrected chi connectivity index (χ2v) is 4.82. The Morgan fingerprint density at radius 3 is 3.00 bits per heavy atom. The van der Waals surface area contributed by atoms with Crippen LogP contribution in [0.5, 0.6) is 0 Å². The van der Waals surface area contributed by atoms with Crippen LogP contribution in [-0.4, -0.2) is 30.2 Å². The third kappa shape index (κ3) is 3.12. The van der Waals surface area contributed by atoms with Gasteiger partial charge < -0.3 is 10.2 Å². The van der Waals surface area contributed by atoms with Crippen molar-refractivity contribution in [2.75, 3.05) is 13.1 Å². The van der Waals surface area contributed by atoms with Crippen molar-refractivity contribution in [1.29, 1.82) is 0 Å². The molecular formula is C10H11F3N2OS. The lowest BCUT2D eigenvalue weighted by atomic mass is 10.1. The van der Waals surface area contributed by atoms with E-state index in [4.69, 9.17) is 0 Å². The summed E-state index contributed by atoms with van der Waals surface area (Å²) in [4.78, 5) is 14.1. The second-order valence-electron chi connectivity index (χ2n) is 3.81. The van der Waals surface area contributed by atoms with Crippen molar-refractivity contribution >= 4 is 17.4 Å². The summed E-state index contributed by atoms with van der Waals surface area (Å²) in [5, 5.41) is 3.81. The molecule has 1 aliphatic heterocycles. The number of rotatable bonds is 1. The fraction of sp³-hybridized carbons (Fsp3) is 0.500. The van der Waals surface area contributed by atoms with Gasteiger partial charge in [-0.1, -0.05) is 0 Å². The van der Waals surface area contributed by atoms with E-state index in [1.165, 1.54) is 9.78 Å². The van der Waals surface area contributed by atoms with Crippen molar-refractivity contribution in [2.24, 2.45) is 0 Å². The molecule has 1 aromatic rings. The van der Waals surface area contributed by atoms with Crippen LogP contribution in [0, 0.1) is 0 Å². The SMILES string of the molecule is O=C(NCC(F)(F)F)N1CCc2sccc2C1. The second kappa shape index (κ2) is 4.56. The van der Waals surface area contributed by atoms with Crippen molar-refractivity contribution in [3.05, 3.63) is 21.9 Å². The largest absolute Gasteiger partial charge is 0.405 e. The van der Waals surface area contributed by atoms with Crippen LogP contribution < -0.4 is 5.32 Å². The van der Waals surface area contributed by atoms with Crippen LogP contribution in [0.4, 0.5) is 18.0 Å². The molecule has 0 fully saturated rings. The molecule has 7 heteroatoms. The molecule has 2 heterocycles. The van der Waals surface area contributed by atoms with Crippen LogP contribution >= 0.6 is 11.3 Å². The first-order valence-corrected chi connectivity index (χ1v) is 5.98. The Hall–Kier alpha value is -1.24. The molecule has 1 aromatic heterocycles. The van der Waals surface area contributed by atoms with Gasteiger partial charge in [0.05, 0.1) is 0 Å². The normalized spacial score (nSPS) is 15.6. The Morgan fingerprint density at radius 1 is 1.53 bits per heavy atom. The molecule has 0 aliphatic carbocycles. The van der Waals surface area contributed by atoms with Crippen molar-refractivity contribution in [2.45, 2.75) is 19.1 Å². The van der Waals surface area contributed by atoms with Gasteiger partial charge in [0.25, 0.3) is 0 Å². The third-order valence-corrected chi connectivity index (χ3v) is 3.56. The zero-order valence-corrected chi connectivity index (χ0v) is 9.70. The Morgan fingerprint density at radius 2 is 2.29 bits per heavy atom. The molecule has 1 N–H and O–H groups in total. The van der Waals surface area contributed by atoms with Crippen molar-refractivity contribution in [3.8, 4) is 0 Å². The number of carbonyl (C=O) groups excluding carboxylic acids is 1. The third-order valence-electron chi connectivity index (χ3n) is 2.53. The van der Waals surface area contributed by atoms with Gasteiger partial charge in [0.15, 0.2) is 0 Å². The lowest BCUT2D eigenvalue weighted by Crippen LogP contribution is -2.45. The summed E-state index contributed by atoms with van der Waals surface area (Å²) >= 11 is 1.62. The maximum absolute atomic E-state index is 11.9. The van der Waals surface area contributed by atoms with Crippen LogP contribution in [0.3, 0.4) is 0 Å². The average Bonchev–Trinajstić information content (AvgIpc) is 2.71. The standard InChI is InChI=1S/C10H11F3N2OS/c11-10(12,13)6-14-9(16)15-3-1-8-7(5-15)2-4-17-8/h2,4H,1,3,5-6H2,(H,14,16). The predicted octanol–water partition coefficient (Wildman–Crippen LogP) is 2.38. The molecule has 94 valence electrons. The molecule has 2 rings (SSSR count). The van der Waals surface area contributed by atoms with E-state index in [1.807, 2.05) is 16.8 Å². The van der Waals surface area contributed by atoms with Gasteiger partial charge in [-0.05, 0) is 23.4 Å². The monoisotopic (exact) mass is 264 g/mol. The maximum atomic E-state index is 11.9. The highest BCUT2D eigenvalue weighted by atomic mass is 32.1. The molecule has 3 nitrogen and oxygen atoms in total. The first-order valence-electron chi connectivity index (χ1n) is 5.10. The molecule has 0 saturated heterocycles. The van der Waals surface area contributed by atoms with E-state index >= 15 is 0 Å². The summed E-state index contributed by atoms with van der Waals surface area (Å²) in [5.41, 5.74) is 1.03. The first-order chi connectivity index (χ1) is 7.96. The van der Waals surface area contributed by atoms with Crippen molar-refractivity contribution < 1.29 is 18.0 Å². The highest BCUT2D eigenvalue weighted by Gasteiger charge is 2.29.